The van der Waals surface area contributed by atoms with Gasteiger partial charge in [0.25, 0.3) is 0 Å². The van der Waals surface area contributed by atoms with Gasteiger partial charge in [0.05, 0.1) is 6.04 Å². The number of aldehydes is 1. The molecule has 0 spiro atoms. The molecular formula is C12H19N5O3. The molecule has 110 valence electrons. The van der Waals surface area contributed by atoms with E-state index in [2.05, 4.69) is 16.0 Å². The summed E-state index contributed by atoms with van der Waals surface area (Å²) >= 11 is 0. The molecule has 1 rings (SSSR count). The maximum atomic E-state index is 11.9. The fraction of sp³-hybridized carbons (Fsp3) is 0.583. The molecule has 0 aliphatic carbocycles. The molecule has 8 heteroatoms. The molecule has 1 fully saturated rings. The molecule has 0 unspecified atom stereocenters. The summed E-state index contributed by atoms with van der Waals surface area (Å²) in [6, 6.07) is -1.31. The maximum Gasteiger partial charge on any atom is 0.237 e. The fourth-order valence-corrected chi connectivity index (χ4v) is 1.97. The molecule has 0 aromatic carbocycles. The number of carbonyl (C=O) groups excluding carboxylic acids is 3. The molecule has 0 bridgehead atoms. The van der Waals surface area contributed by atoms with E-state index in [-0.39, 0.29) is 36.4 Å². The lowest BCUT2D eigenvalue weighted by Crippen LogP contribution is -2.47. The Bertz CT molecular complexity index is 425. The Morgan fingerprint density at radius 1 is 1.60 bits per heavy atom. The molecule has 0 aromatic rings. The van der Waals surface area contributed by atoms with E-state index >= 15 is 0 Å². The lowest BCUT2D eigenvalue weighted by molar-refractivity contribution is -0.125. The molecule has 8 nitrogen and oxygen atoms in total. The second-order valence-corrected chi connectivity index (χ2v) is 4.49. The summed E-state index contributed by atoms with van der Waals surface area (Å²) < 4.78 is 0. The van der Waals surface area contributed by atoms with Crippen LogP contribution in [0.4, 0.5) is 0 Å². The first-order chi connectivity index (χ1) is 9.58. The van der Waals surface area contributed by atoms with Gasteiger partial charge in [0.15, 0.2) is 5.96 Å². The molecule has 1 heterocycles. The Hall–Kier alpha value is -2.18. The van der Waals surface area contributed by atoms with Crippen LogP contribution in [-0.2, 0) is 14.4 Å². The zero-order valence-electron chi connectivity index (χ0n) is 11.1. The number of guanidine groups is 1. The average Bonchev–Trinajstić information content (AvgIpc) is 2.95. The van der Waals surface area contributed by atoms with E-state index in [1.165, 1.54) is 0 Å². The van der Waals surface area contributed by atoms with Gasteiger partial charge in [-0.05, 0) is 25.8 Å². The van der Waals surface area contributed by atoms with Crippen LogP contribution in [0.3, 0.4) is 0 Å². The molecular weight excluding hydrogens is 262 g/mol. The lowest BCUT2D eigenvalue weighted by Gasteiger charge is -2.17. The van der Waals surface area contributed by atoms with E-state index in [1.54, 1.807) is 5.94 Å². The molecule has 1 saturated heterocycles. The highest BCUT2D eigenvalue weighted by Crippen LogP contribution is 2.07. The second-order valence-electron chi connectivity index (χ2n) is 4.49. The summed E-state index contributed by atoms with van der Waals surface area (Å²) in [4.78, 5) is 33.8. The van der Waals surface area contributed by atoms with E-state index in [1.807, 2.05) is 0 Å². The van der Waals surface area contributed by atoms with Gasteiger partial charge in [-0.3, -0.25) is 10.2 Å². The van der Waals surface area contributed by atoms with Crippen molar-refractivity contribution in [2.24, 2.45) is 5.73 Å². The highest BCUT2D eigenvalue weighted by molar-refractivity contribution is 5.86. The van der Waals surface area contributed by atoms with Gasteiger partial charge in [0, 0.05) is 12.1 Å². The van der Waals surface area contributed by atoms with E-state index < -0.39 is 6.04 Å². The minimum atomic E-state index is -0.990. The van der Waals surface area contributed by atoms with Crippen LogP contribution in [0.5, 0.6) is 0 Å². The van der Waals surface area contributed by atoms with Crippen molar-refractivity contribution < 1.29 is 14.4 Å². The number of hydrogen-bond donors (Lipinski definition) is 5. The number of rotatable bonds is 7. The maximum absolute atomic E-state index is 11.9. The average molecular weight is 281 g/mol. The van der Waals surface area contributed by atoms with Gasteiger partial charge >= 0.3 is 0 Å². The van der Waals surface area contributed by atoms with Crippen molar-refractivity contribution in [3.8, 4) is 0 Å². The summed E-state index contributed by atoms with van der Waals surface area (Å²) in [5.41, 5.74) is 5.23. The number of carbonyl (C=O) groups is 2. The summed E-state index contributed by atoms with van der Waals surface area (Å²) in [7, 11) is 0. The third-order valence-corrected chi connectivity index (χ3v) is 3.03. The summed E-state index contributed by atoms with van der Waals surface area (Å²) in [5.74, 6) is 1.15. The SMILES string of the molecule is N=C(N)NCCC(=C=O)[C@@H](C=O)NC(=O)[C@@H]1CCCN1. The molecule has 2 atom stereocenters. The Balaban J connectivity index is 2.53. The summed E-state index contributed by atoms with van der Waals surface area (Å²) in [6.45, 7) is 0.991. The van der Waals surface area contributed by atoms with Gasteiger partial charge < -0.3 is 26.5 Å². The molecule has 1 amide bonds. The van der Waals surface area contributed by atoms with Gasteiger partial charge in [-0.25, -0.2) is 4.79 Å². The van der Waals surface area contributed by atoms with Gasteiger partial charge in [0.2, 0.25) is 5.91 Å². The smallest absolute Gasteiger partial charge is 0.237 e. The molecule has 1 aliphatic heterocycles. The van der Waals surface area contributed by atoms with Crippen LogP contribution in [0.25, 0.3) is 0 Å². The van der Waals surface area contributed by atoms with Crippen LogP contribution >= 0.6 is 0 Å². The van der Waals surface area contributed by atoms with Crippen LogP contribution in [0, 0.1) is 5.41 Å². The monoisotopic (exact) mass is 281 g/mol. The van der Waals surface area contributed by atoms with Gasteiger partial charge in [-0.15, -0.1) is 0 Å². The summed E-state index contributed by atoms with van der Waals surface area (Å²) in [5, 5.41) is 15.0. The second kappa shape index (κ2) is 8.08. The summed E-state index contributed by atoms with van der Waals surface area (Å²) in [6.07, 6.45) is 2.29. The van der Waals surface area contributed by atoms with E-state index in [0.717, 1.165) is 13.0 Å². The first-order valence-corrected chi connectivity index (χ1v) is 6.39. The Morgan fingerprint density at radius 2 is 2.35 bits per heavy atom. The van der Waals surface area contributed by atoms with Gasteiger partial charge in [-0.2, -0.15) is 0 Å². The number of nitrogens with one attached hydrogen (secondary N) is 4. The van der Waals surface area contributed by atoms with Crippen LogP contribution < -0.4 is 21.7 Å². The number of hydrogen-bond acceptors (Lipinski definition) is 5. The van der Waals surface area contributed by atoms with Crippen molar-refractivity contribution in [1.82, 2.24) is 16.0 Å². The molecule has 0 radical (unpaired) electrons. The Kier molecular flexibility index (Phi) is 6.42. The highest BCUT2D eigenvalue weighted by atomic mass is 16.2. The standard InChI is InChI=1S/C12H19N5O3/c13-12(14)16-5-3-8(6-18)10(7-19)17-11(20)9-2-1-4-15-9/h7,9-10,15H,1-5H2,(H,17,20)(H4,13,14,16)/t9-,10+/m0/s1. The fourth-order valence-electron chi connectivity index (χ4n) is 1.97. The first-order valence-electron chi connectivity index (χ1n) is 6.39. The van der Waals surface area contributed by atoms with Crippen LogP contribution in [0.1, 0.15) is 19.3 Å². The van der Waals surface area contributed by atoms with Crippen LogP contribution in [0.2, 0.25) is 0 Å². The van der Waals surface area contributed by atoms with Crippen LogP contribution in [-0.4, -0.2) is 49.3 Å². The van der Waals surface area contributed by atoms with E-state index in [4.69, 9.17) is 11.1 Å². The minimum Gasteiger partial charge on any atom is -0.370 e. The minimum absolute atomic E-state index is 0.125. The lowest BCUT2D eigenvalue weighted by atomic mass is 10.1. The predicted molar refractivity (Wildman–Crippen MR) is 72.8 cm³/mol. The molecule has 0 aromatic heterocycles. The van der Waals surface area contributed by atoms with Crippen molar-refractivity contribution in [3.63, 3.8) is 0 Å². The predicted octanol–water partition coefficient (Wildman–Crippen LogP) is -1.95. The largest absolute Gasteiger partial charge is 0.370 e. The third-order valence-electron chi connectivity index (χ3n) is 3.03. The van der Waals surface area contributed by atoms with Crippen molar-refractivity contribution in [2.45, 2.75) is 31.3 Å². The van der Waals surface area contributed by atoms with Gasteiger partial charge in [-0.1, -0.05) is 0 Å². The first kappa shape index (κ1) is 15.9. The zero-order chi connectivity index (χ0) is 15.0. The topological polar surface area (TPSA) is 137 Å². The van der Waals surface area contributed by atoms with E-state index in [0.29, 0.717) is 12.7 Å². The molecule has 6 N–H and O–H groups in total. The number of amides is 1. The highest BCUT2D eigenvalue weighted by Gasteiger charge is 2.25. The molecule has 1 aliphatic rings. The zero-order valence-corrected chi connectivity index (χ0v) is 11.1. The third kappa shape index (κ3) is 4.83. The molecule has 20 heavy (non-hydrogen) atoms. The van der Waals surface area contributed by atoms with Crippen molar-refractivity contribution in [1.29, 1.82) is 5.41 Å². The van der Waals surface area contributed by atoms with Crippen molar-refractivity contribution >= 4 is 24.1 Å². The van der Waals surface area contributed by atoms with Crippen molar-refractivity contribution in [2.75, 3.05) is 13.1 Å². The normalized spacial score (nSPS) is 18.7. The molecule has 0 saturated carbocycles. The quantitative estimate of drug-likeness (QED) is 0.159. The van der Waals surface area contributed by atoms with E-state index in [9.17, 15) is 14.4 Å². The number of nitrogens with two attached hydrogens (primary N) is 1. The van der Waals surface area contributed by atoms with Crippen molar-refractivity contribution in [3.05, 3.63) is 5.57 Å². The van der Waals surface area contributed by atoms with Crippen LogP contribution in [0.15, 0.2) is 5.57 Å². The Morgan fingerprint density at radius 3 is 2.85 bits per heavy atom. The van der Waals surface area contributed by atoms with Gasteiger partial charge in [0.1, 0.15) is 18.3 Å². The Labute approximate surface area is 116 Å².